The first-order valence-corrected chi connectivity index (χ1v) is 9.17. The number of nitrogens with one attached hydrogen (secondary N) is 2. The third-order valence-corrected chi connectivity index (χ3v) is 5.82. The van der Waals surface area contributed by atoms with Crippen LogP contribution in [0.5, 0.6) is 0 Å². The Kier molecular flexibility index (Phi) is 5.44. The van der Waals surface area contributed by atoms with Crippen LogP contribution in [0.3, 0.4) is 0 Å². The highest BCUT2D eigenvalue weighted by molar-refractivity contribution is 7.89. The number of hydrogen-bond acceptors (Lipinski definition) is 3. The normalized spacial score (nSPS) is 11.5. The standard InChI is InChI=1S/C18H24N2O2S/c1-13-12-14(2)16(4)18(15(13)3)23(21,22)20-11-10-19-17-8-6-5-7-9-17/h5-9,12,19-20H,10-11H2,1-4H3. The quantitative estimate of drug-likeness (QED) is 0.798. The van der Waals surface area contributed by atoms with Crippen molar-refractivity contribution in [3.05, 3.63) is 58.7 Å². The SMILES string of the molecule is Cc1cc(C)c(C)c(S(=O)(=O)NCCNc2ccccc2)c1C. The van der Waals surface area contributed by atoms with E-state index in [1.807, 2.05) is 64.1 Å². The molecular formula is C18H24N2O2S. The monoisotopic (exact) mass is 332 g/mol. The number of anilines is 1. The number of para-hydroxylation sites is 1. The number of hydrogen-bond donors (Lipinski definition) is 2. The molecule has 0 fully saturated rings. The molecule has 0 saturated carbocycles. The van der Waals surface area contributed by atoms with Crippen LogP contribution in [0.25, 0.3) is 0 Å². The smallest absolute Gasteiger partial charge is 0.241 e. The van der Waals surface area contributed by atoms with Crippen molar-refractivity contribution in [3.63, 3.8) is 0 Å². The van der Waals surface area contributed by atoms with Gasteiger partial charge in [0.25, 0.3) is 0 Å². The first-order chi connectivity index (χ1) is 10.8. The Morgan fingerprint density at radius 3 is 2.00 bits per heavy atom. The van der Waals surface area contributed by atoms with E-state index in [2.05, 4.69) is 10.0 Å². The van der Waals surface area contributed by atoms with Gasteiger partial charge in [-0.2, -0.15) is 0 Å². The Labute approximate surface area is 139 Å². The van der Waals surface area contributed by atoms with Crippen LogP contribution in [0.15, 0.2) is 41.3 Å². The Morgan fingerprint density at radius 2 is 1.43 bits per heavy atom. The molecule has 0 atom stereocenters. The summed E-state index contributed by atoms with van der Waals surface area (Å²) in [6.07, 6.45) is 0. The zero-order chi connectivity index (χ0) is 17.0. The van der Waals surface area contributed by atoms with Gasteiger partial charge in [0.2, 0.25) is 10.0 Å². The van der Waals surface area contributed by atoms with E-state index in [9.17, 15) is 8.42 Å². The van der Waals surface area contributed by atoms with E-state index in [1.165, 1.54) is 0 Å². The van der Waals surface area contributed by atoms with Gasteiger partial charge in [-0.25, -0.2) is 13.1 Å². The fraction of sp³-hybridized carbons (Fsp3) is 0.333. The molecule has 4 nitrogen and oxygen atoms in total. The van der Waals surface area contributed by atoms with Crippen molar-refractivity contribution in [2.75, 3.05) is 18.4 Å². The van der Waals surface area contributed by atoms with E-state index < -0.39 is 10.0 Å². The second kappa shape index (κ2) is 7.15. The molecule has 5 heteroatoms. The molecule has 0 aliphatic heterocycles. The lowest BCUT2D eigenvalue weighted by molar-refractivity contribution is 0.581. The van der Waals surface area contributed by atoms with Crippen molar-refractivity contribution in [2.45, 2.75) is 32.6 Å². The molecular weight excluding hydrogens is 308 g/mol. The van der Waals surface area contributed by atoms with Gasteiger partial charge >= 0.3 is 0 Å². The van der Waals surface area contributed by atoms with E-state index in [4.69, 9.17) is 0 Å². The van der Waals surface area contributed by atoms with E-state index in [0.29, 0.717) is 18.0 Å². The van der Waals surface area contributed by atoms with Crippen LogP contribution in [0.4, 0.5) is 5.69 Å². The zero-order valence-electron chi connectivity index (χ0n) is 14.1. The molecule has 0 radical (unpaired) electrons. The van der Waals surface area contributed by atoms with Crippen molar-refractivity contribution in [2.24, 2.45) is 0 Å². The highest BCUT2D eigenvalue weighted by Crippen LogP contribution is 2.25. The predicted molar refractivity (Wildman–Crippen MR) is 95.5 cm³/mol. The summed E-state index contributed by atoms with van der Waals surface area (Å²) in [6, 6.07) is 11.8. The van der Waals surface area contributed by atoms with Crippen molar-refractivity contribution in [3.8, 4) is 0 Å². The van der Waals surface area contributed by atoms with E-state index in [-0.39, 0.29) is 0 Å². The maximum Gasteiger partial charge on any atom is 0.241 e. The Balaban J connectivity index is 2.08. The zero-order valence-corrected chi connectivity index (χ0v) is 14.9. The van der Waals surface area contributed by atoms with Gasteiger partial charge in [0.15, 0.2) is 0 Å². The van der Waals surface area contributed by atoms with E-state index >= 15 is 0 Å². The average molecular weight is 332 g/mol. The summed E-state index contributed by atoms with van der Waals surface area (Å²) in [7, 11) is -3.51. The summed E-state index contributed by atoms with van der Waals surface area (Å²) >= 11 is 0. The lowest BCUT2D eigenvalue weighted by Gasteiger charge is -2.16. The Hall–Kier alpha value is -1.85. The van der Waals surface area contributed by atoms with Crippen molar-refractivity contribution < 1.29 is 8.42 Å². The van der Waals surface area contributed by atoms with Crippen LogP contribution >= 0.6 is 0 Å². The number of rotatable bonds is 6. The predicted octanol–water partition coefficient (Wildman–Crippen LogP) is 3.31. The largest absolute Gasteiger partial charge is 0.384 e. The third kappa shape index (κ3) is 4.12. The lowest BCUT2D eigenvalue weighted by atomic mass is 10.0. The number of aryl methyl sites for hydroxylation is 2. The minimum absolute atomic E-state index is 0.336. The molecule has 124 valence electrons. The molecule has 0 aliphatic carbocycles. The molecule has 0 spiro atoms. The summed E-state index contributed by atoms with van der Waals surface area (Å²) in [5.74, 6) is 0. The van der Waals surface area contributed by atoms with Gasteiger partial charge in [0.1, 0.15) is 0 Å². The Morgan fingerprint density at radius 1 is 0.870 bits per heavy atom. The van der Waals surface area contributed by atoms with Gasteiger partial charge in [-0.1, -0.05) is 24.3 Å². The van der Waals surface area contributed by atoms with Crippen LogP contribution in [-0.2, 0) is 10.0 Å². The highest BCUT2D eigenvalue weighted by atomic mass is 32.2. The molecule has 2 N–H and O–H groups in total. The first-order valence-electron chi connectivity index (χ1n) is 7.69. The summed E-state index contributed by atoms with van der Waals surface area (Å²) in [5.41, 5.74) is 4.60. The van der Waals surface area contributed by atoms with Crippen LogP contribution in [0, 0.1) is 27.7 Å². The van der Waals surface area contributed by atoms with Crippen LogP contribution < -0.4 is 10.0 Å². The van der Waals surface area contributed by atoms with Gasteiger partial charge in [0.05, 0.1) is 4.90 Å². The second-order valence-electron chi connectivity index (χ2n) is 5.78. The van der Waals surface area contributed by atoms with Gasteiger partial charge in [-0.05, 0) is 62.1 Å². The van der Waals surface area contributed by atoms with Crippen molar-refractivity contribution in [1.82, 2.24) is 4.72 Å². The molecule has 0 unspecified atom stereocenters. The summed E-state index contributed by atoms with van der Waals surface area (Å²) in [6.45, 7) is 8.47. The fourth-order valence-electron chi connectivity index (χ4n) is 2.60. The highest BCUT2D eigenvalue weighted by Gasteiger charge is 2.21. The second-order valence-corrected chi connectivity index (χ2v) is 7.48. The fourth-order valence-corrected chi connectivity index (χ4v) is 4.25. The van der Waals surface area contributed by atoms with Crippen molar-refractivity contribution in [1.29, 1.82) is 0 Å². The molecule has 2 rings (SSSR count). The topological polar surface area (TPSA) is 58.2 Å². The van der Waals surface area contributed by atoms with Gasteiger partial charge in [-0.3, -0.25) is 0 Å². The molecule has 0 aliphatic rings. The molecule has 23 heavy (non-hydrogen) atoms. The molecule has 0 aromatic heterocycles. The van der Waals surface area contributed by atoms with Crippen molar-refractivity contribution >= 4 is 15.7 Å². The average Bonchev–Trinajstić information content (AvgIpc) is 2.51. The lowest BCUT2D eigenvalue weighted by Crippen LogP contribution is -2.30. The van der Waals surface area contributed by atoms with E-state index in [0.717, 1.165) is 27.9 Å². The molecule has 0 heterocycles. The maximum atomic E-state index is 12.7. The molecule has 0 amide bonds. The summed E-state index contributed by atoms with van der Waals surface area (Å²) < 4.78 is 28.0. The maximum absolute atomic E-state index is 12.7. The third-order valence-electron chi connectivity index (χ3n) is 4.09. The minimum Gasteiger partial charge on any atom is -0.384 e. The van der Waals surface area contributed by atoms with E-state index in [1.54, 1.807) is 0 Å². The number of sulfonamides is 1. The number of benzene rings is 2. The Bertz CT molecular complexity index is 758. The van der Waals surface area contributed by atoms with Gasteiger partial charge < -0.3 is 5.32 Å². The van der Waals surface area contributed by atoms with Crippen LogP contribution in [0.2, 0.25) is 0 Å². The van der Waals surface area contributed by atoms with Crippen LogP contribution in [0.1, 0.15) is 22.3 Å². The molecule has 0 bridgehead atoms. The minimum atomic E-state index is -3.51. The van der Waals surface area contributed by atoms with Gasteiger partial charge in [0, 0.05) is 18.8 Å². The molecule has 2 aromatic rings. The summed E-state index contributed by atoms with van der Waals surface area (Å²) in [5, 5.41) is 3.19. The van der Waals surface area contributed by atoms with Gasteiger partial charge in [-0.15, -0.1) is 0 Å². The summed E-state index contributed by atoms with van der Waals surface area (Å²) in [4.78, 5) is 0.412. The molecule has 0 saturated heterocycles. The first kappa shape index (κ1) is 17.5. The molecule has 2 aromatic carbocycles. The van der Waals surface area contributed by atoms with Crippen LogP contribution in [-0.4, -0.2) is 21.5 Å².